The molecular weight excluding hydrogens is 484 g/mol. The van der Waals surface area contributed by atoms with Gasteiger partial charge in [-0.05, 0) is 54.6 Å². The van der Waals surface area contributed by atoms with Gasteiger partial charge in [-0.3, -0.25) is 9.52 Å². The van der Waals surface area contributed by atoms with Gasteiger partial charge in [0.25, 0.3) is 15.9 Å². The minimum Gasteiger partial charge on any atom is -0.490 e. The molecule has 0 fully saturated rings. The van der Waals surface area contributed by atoms with E-state index in [-0.39, 0.29) is 10.8 Å². The third-order valence-electron chi connectivity index (χ3n) is 4.18. The summed E-state index contributed by atoms with van der Waals surface area (Å²) in [6.07, 6.45) is 0. The number of ether oxygens (including phenoxy) is 2. The third-order valence-corrected chi connectivity index (χ3v) is 6.07. The molecule has 0 heterocycles. The highest BCUT2D eigenvalue weighted by Gasteiger charge is 2.16. The van der Waals surface area contributed by atoms with Gasteiger partial charge in [0.2, 0.25) is 0 Å². The molecule has 2 N–H and O–H groups in total. The van der Waals surface area contributed by atoms with Crippen LogP contribution in [0.15, 0.2) is 82.2 Å². The standard InChI is InChI=1S/C22H21BrN2O5S/c1-29-13-14-30-21-12-7-16(23)15-20(21)22(26)24-17-8-10-19(11-9-17)31(27,28)25-18-5-3-2-4-6-18/h2-12,15,25H,13-14H2,1H3,(H,24,26). The van der Waals surface area contributed by atoms with Crippen molar-refractivity contribution < 1.29 is 22.7 Å². The number of carbonyl (C=O) groups excluding carboxylic acids is 1. The van der Waals surface area contributed by atoms with E-state index >= 15 is 0 Å². The second-order valence-electron chi connectivity index (χ2n) is 6.43. The summed E-state index contributed by atoms with van der Waals surface area (Å²) < 4.78 is 38.9. The first-order valence-corrected chi connectivity index (χ1v) is 11.6. The van der Waals surface area contributed by atoms with Crippen LogP contribution in [0.5, 0.6) is 5.75 Å². The summed E-state index contributed by atoms with van der Waals surface area (Å²) >= 11 is 3.36. The highest BCUT2D eigenvalue weighted by Crippen LogP contribution is 2.25. The SMILES string of the molecule is COCCOc1ccc(Br)cc1C(=O)Nc1ccc(S(=O)(=O)Nc2ccccc2)cc1. The van der Waals surface area contributed by atoms with E-state index in [1.807, 2.05) is 0 Å². The van der Waals surface area contributed by atoms with Gasteiger partial charge in [-0.1, -0.05) is 34.1 Å². The summed E-state index contributed by atoms with van der Waals surface area (Å²) in [5.41, 5.74) is 1.26. The second-order valence-corrected chi connectivity index (χ2v) is 9.03. The highest BCUT2D eigenvalue weighted by molar-refractivity contribution is 9.10. The fourth-order valence-electron chi connectivity index (χ4n) is 2.68. The van der Waals surface area contributed by atoms with Crippen molar-refractivity contribution in [1.29, 1.82) is 0 Å². The largest absolute Gasteiger partial charge is 0.490 e. The maximum absolute atomic E-state index is 12.8. The van der Waals surface area contributed by atoms with Crippen LogP contribution in [0.4, 0.5) is 11.4 Å². The lowest BCUT2D eigenvalue weighted by atomic mass is 10.2. The molecule has 0 aliphatic heterocycles. The topological polar surface area (TPSA) is 93.7 Å². The van der Waals surface area contributed by atoms with Crippen LogP contribution >= 0.6 is 15.9 Å². The molecule has 162 valence electrons. The van der Waals surface area contributed by atoms with Crippen molar-refractivity contribution in [2.24, 2.45) is 0 Å². The van der Waals surface area contributed by atoms with Crippen LogP contribution in [0, 0.1) is 0 Å². The van der Waals surface area contributed by atoms with Crippen LogP contribution in [0.1, 0.15) is 10.4 Å². The lowest BCUT2D eigenvalue weighted by Crippen LogP contribution is -2.15. The molecule has 0 unspecified atom stereocenters. The first kappa shape index (κ1) is 22.8. The first-order chi connectivity index (χ1) is 14.9. The number of amides is 1. The van der Waals surface area contributed by atoms with Gasteiger partial charge in [0, 0.05) is 23.0 Å². The van der Waals surface area contributed by atoms with E-state index in [0.717, 1.165) is 4.47 Å². The highest BCUT2D eigenvalue weighted by atomic mass is 79.9. The summed E-state index contributed by atoms with van der Waals surface area (Å²) in [4.78, 5) is 12.9. The van der Waals surface area contributed by atoms with Crippen molar-refractivity contribution in [2.75, 3.05) is 30.4 Å². The van der Waals surface area contributed by atoms with Crippen molar-refractivity contribution >= 4 is 43.2 Å². The van der Waals surface area contributed by atoms with Crippen LogP contribution in [0.3, 0.4) is 0 Å². The number of methoxy groups -OCH3 is 1. The molecule has 0 spiro atoms. The Balaban J connectivity index is 1.72. The Morgan fingerprint density at radius 2 is 1.65 bits per heavy atom. The van der Waals surface area contributed by atoms with E-state index in [4.69, 9.17) is 9.47 Å². The molecule has 3 rings (SSSR count). The van der Waals surface area contributed by atoms with E-state index in [1.165, 1.54) is 24.3 Å². The summed E-state index contributed by atoms with van der Waals surface area (Å²) in [5, 5.41) is 2.76. The normalized spacial score (nSPS) is 11.0. The maximum atomic E-state index is 12.8. The molecule has 0 atom stereocenters. The molecule has 0 saturated carbocycles. The summed E-state index contributed by atoms with van der Waals surface area (Å²) in [5.74, 6) is 0.0377. The molecule has 1 amide bonds. The van der Waals surface area contributed by atoms with Crippen molar-refractivity contribution in [2.45, 2.75) is 4.90 Å². The van der Waals surface area contributed by atoms with Gasteiger partial charge >= 0.3 is 0 Å². The van der Waals surface area contributed by atoms with Gasteiger partial charge in [-0.2, -0.15) is 0 Å². The molecule has 3 aromatic carbocycles. The van der Waals surface area contributed by atoms with Crippen LogP contribution in [-0.2, 0) is 14.8 Å². The molecule has 3 aromatic rings. The summed E-state index contributed by atoms with van der Waals surface area (Å²) in [7, 11) is -2.17. The number of benzene rings is 3. The number of para-hydroxylation sites is 1. The van der Waals surface area contributed by atoms with Crippen LogP contribution in [0.2, 0.25) is 0 Å². The molecule has 0 aliphatic rings. The Morgan fingerprint density at radius 1 is 0.935 bits per heavy atom. The van der Waals surface area contributed by atoms with Crippen LogP contribution in [-0.4, -0.2) is 34.6 Å². The molecule has 0 aromatic heterocycles. The molecule has 31 heavy (non-hydrogen) atoms. The van der Waals surface area contributed by atoms with E-state index in [2.05, 4.69) is 26.0 Å². The molecule has 7 nitrogen and oxygen atoms in total. The van der Waals surface area contributed by atoms with Crippen molar-refractivity contribution in [3.63, 3.8) is 0 Å². The Kier molecular flexibility index (Phi) is 7.67. The van der Waals surface area contributed by atoms with Gasteiger partial charge in [0.15, 0.2) is 0 Å². The van der Waals surface area contributed by atoms with E-state index < -0.39 is 10.0 Å². The van der Waals surface area contributed by atoms with Crippen molar-refractivity contribution in [1.82, 2.24) is 0 Å². The van der Waals surface area contributed by atoms with E-state index in [0.29, 0.717) is 35.9 Å². The molecule has 9 heteroatoms. The van der Waals surface area contributed by atoms with Crippen molar-refractivity contribution in [3.05, 3.63) is 82.8 Å². The lowest BCUT2D eigenvalue weighted by Gasteiger charge is -2.13. The number of carbonyl (C=O) groups is 1. The molecule has 0 aliphatic carbocycles. The van der Waals surface area contributed by atoms with Gasteiger partial charge in [0.1, 0.15) is 12.4 Å². The van der Waals surface area contributed by atoms with Crippen LogP contribution < -0.4 is 14.8 Å². The number of halogens is 1. The van der Waals surface area contributed by atoms with Gasteiger partial charge in [-0.15, -0.1) is 0 Å². The van der Waals surface area contributed by atoms with Crippen molar-refractivity contribution in [3.8, 4) is 5.75 Å². The Hall–Kier alpha value is -2.88. The zero-order chi connectivity index (χ0) is 22.3. The predicted octanol–water partition coefficient (Wildman–Crippen LogP) is 4.53. The minimum atomic E-state index is -3.74. The smallest absolute Gasteiger partial charge is 0.261 e. The van der Waals surface area contributed by atoms with E-state index in [9.17, 15) is 13.2 Å². The average molecular weight is 505 g/mol. The zero-order valence-electron chi connectivity index (χ0n) is 16.7. The third kappa shape index (κ3) is 6.30. The predicted molar refractivity (Wildman–Crippen MR) is 123 cm³/mol. The second kappa shape index (κ2) is 10.4. The number of hydrogen-bond donors (Lipinski definition) is 2. The first-order valence-electron chi connectivity index (χ1n) is 9.29. The number of sulfonamides is 1. The fourth-order valence-corrected chi connectivity index (χ4v) is 4.10. The fraction of sp³-hybridized carbons (Fsp3) is 0.136. The summed E-state index contributed by atoms with van der Waals surface area (Å²) in [6, 6.07) is 19.6. The minimum absolute atomic E-state index is 0.0837. The quantitative estimate of drug-likeness (QED) is 0.417. The van der Waals surface area contributed by atoms with Gasteiger partial charge in [0.05, 0.1) is 17.1 Å². The Bertz CT molecular complexity index is 1140. The van der Waals surface area contributed by atoms with E-state index in [1.54, 1.807) is 55.6 Å². The number of hydrogen-bond acceptors (Lipinski definition) is 5. The number of anilines is 2. The lowest BCUT2D eigenvalue weighted by molar-refractivity contribution is 0.101. The Morgan fingerprint density at radius 3 is 2.32 bits per heavy atom. The maximum Gasteiger partial charge on any atom is 0.261 e. The van der Waals surface area contributed by atoms with Crippen LogP contribution in [0.25, 0.3) is 0 Å². The molecule has 0 radical (unpaired) electrons. The monoisotopic (exact) mass is 504 g/mol. The average Bonchev–Trinajstić information content (AvgIpc) is 2.75. The molecule has 0 saturated heterocycles. The van der Waals surface area contributed by atoms with Gasteiger partial charge in [-0.25, -0.2) is 8.42 Å². The Labute approximate surface area is 189 Å². The molecular formula is C22H21BrN2O5S. The number of nitrogens with one attached hydrogen (secondary N) is 2. The summed E-state index contributed by atoms with van der Waals surface area (Å²) in [6.45, 7) is 0.698. The van der Waals surface area contributed by atoms with Gasteiger partial charge < -0.3 is 14.8 Å². The number of rotatable bonds is 9. The molecule has 0 bridgehead atoms. The zero-order valence-corrected chi connectivity index (χ0v) is 19.1.